The van der Waals surface area contributed by atoms with Gasteiger partial charge >= 0.3 is 0 Å². The van der Waals surface area contributed by atoms with E-state index in [2.05, 4.69) is 57.3 Å². The summed E-state index contributed by atoms with van der Waals surface area (Å²) in [4.78, 5) is 9.53. The molecule has 28 heavy (non-hydrogen) atoms. The van der Waals surface area contributed by atoms with Crippen LogP contribution in [0.1, 0.15) is 24.3 Å². The van der Waals surface area contributed by atoms with E-state index in [0.29, 0.717) is 17.8 Å². The van der Waals surface area contributed by atoms with Gasteiger partial charge in [-0.2, -0.15) is 4.98 Å². The van der Waals surface area contributed by atoms with Crippen molar-refractivity contribution in [3.05, 3.63) is 72.1 Å². The normalized spacial score (nSPS) is 17.9. The molecule has 1 fully saturated rings. The summed E-state index contributed by atoms with van der Waals surface area (Å²) in [6.45, 7) is 3.95. The van der Waals surface area contributed by atoms with Gasteiger partial charge in [-0.1, -0.05) is 65.8 Å². The average molecular weight is 377 g/mol. The Morgan fingerprint density at radius 3 is 2.61 bits per heavy atom. The molecule has 0 aliphatic carbocycles. The molecule has 0 bridgehead atoms. The Morgan fingerprint density at radius 2 is 1.82 bits per heavy atom. The molecule has 1 aromatic heterocycles. The number of rotatable bonds is 7. The molecule has 1 aliphatic heterocycles. The third-order valence-electron chi connectivity index (χ3n) is 5.56. The minimum Gasteiger partial charge on any atom is -0.338 e. The Morgan fingerprint density at radius 1 is 1.07 bits per heavy atom. The minimum atomic E-state index is 0.578. The van der Waals surface area contributed by atoms with Gasteiger partial charge in [-0.05, 0) is 38.4 Å². The van der Waals surface area contributed by atoms with Crippen LogP contribution >= 0.6 is 0 Å². The fourth-order valence-electron chi connectivity index (χ4n) is 3.88. The minimum absolute atomic E-state index is 0.578. The van der Waals surface area contributed by atoms with Crippen LogP contribution in [0.2, 0.25) is 0 Å². The van der Waals surface area contributed by atoms with E-state index >= 15 is 0 Å². The summed E-state index contributed by atoms with van der Waals surface area (Å²) >= 11 is 0. The Balaban J connectivity index is 1.31. The standard InChI is InChI=1S/C23H28N4O/c1-26(16-14-19-9-4-2-5-10-19)21-13-8-15-27(17-21)18-22-24-23(25-28-22)20-11-6-3-7-12-20/h2-7,9-12,21H,8,13-18H2,1H3. The Labute approximate surface area is 167 Å². The fourth-order valence-corrected chi connectivity index (χ4v) is 3.88. The molecule has 5 nitrogen and oxygen atoms in total. The van der Waals surface area contributed by atoms with Gasteiger partial charge in [0.15, 0.2) is 0 Å². The first kappa shape index (κ1) is 18.8. The zero-order valence-corrected chi connectivity index (χ0v) is 16.5. The van der Waals surface area contributed by atoms with Crippen LogP contribution < -0.4 is 0 Å². The molecule has 0 saturated carbocycles. The van der Waals surface area contributed by atoms with E-state index in [1.54, 1.807) is 0 Å². The third-order valence-corrected chi connectivity index (χ3v) is 5.56. The van der Waals surface area contributed by atoms with Crippen molar-refractivity contribution in [3.63, 3.8) is 0 Å². The van der Waals surface area contributed by atoms with Gasteiger partial charge in [0.1, 0.15) is 0 Å². The molecule has 1 saturated heterocycles. The highest BCUT2D eigenvalue weighted by molar-refractivity contribution is 5.53. The molecular weight excluding hydrogens is 348 g/mol. The number of benzene rings is 2. The number of hydrogen-bond acceptors (Lipinski definition) is 5. The first-order valence-electron chi connectivity index (χ1n) is 10.1. The molecule has 0 radical (unpaired) electrons. The number of likely N-dealkylation sites (N-methyl/N-ethyl adjacent to an activating group) is 1. The zero-order valence-electron chi connectivity index (χ0n) is 16.5. The van der Waals surface area contributed by atoms with E-state index in [0.717, 1.165) is 38.2 Å². The summed E-state index contributed by atoms with van der Waals surface area (Å²) in [6, 6.07) is 21.3. The average Bonchev–Trinajstić information content (AvgIpc) is 3.22. The number of likely N-dealkylation sites (tertiary alicyclic amines) is 1. The predicted octanol–water partition coefficient (Wildman–Crippen LogP) is 3.88. The SMILES string of the molecule is CN(CCc1ccccc1)C1CCCN(Cc2nc(-c3ccccc3)no2)C1. The van der Waals surface area contributed by atoms with Crippen LogP contribution in [-0.2, 0) is 13.0 Å². The van der Waals surface area contributed by atoms with Crippen molar-refractivity contribution in [2.45, 2.75) is 31.8 Å². The van der Waals surface area contributed by atoms with Crippen molar-refractivity contribution in [2.75, 3.05) is 26.7 Å². The molecule has 5 heteroatoms. The van der Waals surface area contributed by atoms with Gasteiger partial charge in [0, 0.05) is 24.7 Å². The second-order valence-electron chi connectivity index (χ2n) is 7.63. The van der Waals surface area contributed by atoms with E-state index in [-0.39, 0.29) is 0 Å². The zero-order chi connectivity index (χ0) is 19.2. The van der Waals surface area contributed by atoms with E-state index < -0.39 is 0 Å². The molecule has 1 atom stereocenters. The maximum atomic E-state index is 5.51. The molecule has 1 aliphatic rings. The highest BCUT2D eigenvalue weighted by atomic mass is 16.5. The van der Waals surface area contributed by atoms with E-state index in [9.17, 15) is 0 Å². The van der Waals surface area contributed by atoms with Crippen LogP contribution in [0.4, 0.5) is 0 Å². The Bertz CT molecular complexity index is 849. The lowest BCUT2D eigenvalue weighted by Gasteiger charge is -2.37. The van der Waals surface area contributed by atoms with Gasteiger partial charge < -0.3 is 9.42 Å². The van der Waals surface area contributed by atoms with Crippen molar-refractivity contribution in [2.24, 2.45) is 0 Å². The second-order valence-corrected chi connectivity index (χ2v) is 7.63. The topological polar surface area (TPSA) is 45.4 Å². The van der Waals surface area contributed by atoms with E-state index in [1.807, 2.05) is 30.3 Å². The fraction of sp³-hybridized carbons (Fsp3) is 0.391. The first-order chi connectivity index (χ1) is 13.8. The van der Waals surface area contributed by atoms with Crippen LogP contribution in [0.25, 0.3) is 11.4 Å². The number of hydrogen-bond donors (Lipinski definition) is 0. The van der Waals surface area contributed by atoms with Crippen molar-refractivity contribution < 1.29 is 4.52 Å². The quantitative estimate of drug-likeness (QED) is 0.626. The lowest BCUT2D eigenvalue weighted by Crippen LogP contribution is -2.46. The number of piperidine rings is 1. The summed E-state index contributed by atoms with van der Waals surface area (Å²) in [6.07, 6.45) is 3.55. The number of nitrogens with zero attached hydrogens (tertiary/aromatic N) is 4. The summed E-state index contributed by atoms with van der Waals surface area (Å²) in [7, 11) is 2.25. The molecular formula is C23H28N4O. The van der Waals surface area contributed by atoms with Gasteiger partial charge in [0.05, 0.1) is 6.54 Å². The lowest BCUT2D eigenvalue weighted by molar-refractivity contribution is 0.103. The molecule has 0 spiro atoms. The van der Waals surface area contributed by atoms with Gasteiger partial charge in [0.25, 0.3) is 0 Å². The molecule has 146 valence electrons. The molecule has 0 amide bonds. The number of aromatic nitrogens is 2. The summed E-state index contributed by atoms with van der Waals surface area (Å²) in [5.74, 6) is 1.37. The van der Waals surface area contributed by atoms with Crippen LogP contribution in [0, 0.1) is 0 Å². The Kier molecular flexibility index (Phi) is 6.14. The summed E-state index contributed by atoms with van der Waals surface area (Å²) < 4.78 is 5.51. The monoisotopic (exact) mass is 376 g/mol. The van der Waals surface area contributed by atoms with Crippen LogP contribution in [-0.4, -0.2) is 52.7 Å². The smallest absolute Gasteiger partial charge is 0.241 e. The Hall–Kier alpha value is -2.50. The maximum Gasteiger partial charge on any atom is 0.241 e. The van der Waals surface area contributed by atoms with Gasteiger partial charge in [-0.15, -0.1) is 0 Å². The van der Waals surface area contributed by atoms with E-state index in [1.165, 1.54) is 18.4 Å². The maximum absolute atomic E-state index is 5.51. The molecule has 2 heterocycles. The van der Waals surface area contributed by atoms with Crippen LogP contribution in [0.3, 0.4) is 0 Å². The molecule has 0 N–H and O–H groups in total. The van der Waals surface area contributed by atoms with Crippen molar-refractivity contribution in [1.29, 1.82) is 0 Å². The molecule has 2 aromatic carbocycles. The van der Waals surface area contributed by atoms with Crippen LogP contribution in [0.15, 0.2) is 65.2 Å². The van der Waals surface area contributed by atoms with Gasteiger partial charge in [-0.25, -0.2) is 0 Å². The molecule has 1 unspecified atom stereocenters. The highest BCUT2D eigenvalue weighted by Gasteiger charge is 2.24. The third kappa shape index (κ3) is 4.86. The lowest BCUT2D eigenvalue weighted by atomic mass is 10.0. The van der Waals surface area contributed by atoms with Crippen molar-refractivity contribution in [1.82, 2.24) is 19.9 Å². The van der Waals surface area contributed by atoms with Crippen molar-refractivity contribution in [3.8, 4) is 11.4 Å². The first-order valence-corrected chi connectivity index (χ1v) is 10.1. The van der Waals surface area contributed by atoms with Crippen LogP contribution in [0.5, 0.6) is 0 Å². The largest absolute Gasteiger partial charge is 0.338 e. The van der Waals surface area contributed by atoms with Gasteiger partial charge in [-0.3, -0.25) is 4.90 Å². The highest BCUT2D eigenvalue weighted by Crippen LogP contribution is 2.19. The summed E-state index contributed by atoms with van der Waals surface area (Å²) in [5, 5.41) is 4.15. The molecule has 3 aromatic rings. The predicted molar refractivity (Wildman–Crippen MR) is 111 cm³/mol. The van der Waals surface area contributed by atoms with Gasteiger partial charge in [0.2, 0.25) is 11.7 Å². The second kappa shape index (κ2) is 9.13. The summed E-state index contributed by atoms with van der Waals surface area (Å²) in [5.41, 5.74) is 2.40. The molecule has 4 rings (SSSR count). The van der Waals surface area contributed by atoms with E-state index in [4.69, 9.17) is 4.52 Å². The van der Waals surface area contributed by atoms with Crippen molar-refractivity contribution >= 4 is 0 Å².